The van der Waals surface area contributed by atoms with Gasteiger partial charge in [-0.15, -0.1) is 0 Å². The molecule has 3 N–H and O–H groups in total. The minimum absolute atomic E-state index is 0.435. The van der Waals surface area contributed by atoms with Crippen molar-refractivity contribution < 1.29 is 19.6 Å². The molecule has 2 atom stereocenters. The molecule has 0 fully saturated rings. The number of carbonyl (C=O) groups is 1. The molecule has 0 bridgehead atoms. The summed E-state index contributed by atoms with van der Waals surface area (Å²) in [6.07, 6.45) is -1.05. The molecule has 0 heterocycles. The molecule has 0 aromatic heterocycles. The molecule has 62 valence electrons. The van der Waals surface area contributed by atoms with Gasteiger partial charge in [0.25, 0.3) is 0 Å². The molecule has 5 nitrogen and oxygen atoms in total. The Morgan fingerprint density at radius 1 is 1.73 bits per heavy atom. The van der Waals surface area contributed by atoms with Gasteiger partial charge in [0.15, 0.2) is 0 Å². The predicted octanol–water partition coefficient (Wildman–Crippen LogP) is -0.382. The summed E-state index contributed by atoms with van der Waals surface area (Å²) in [6.45, 7) is 1.31. The zero-order valence-electron chi connectivity index (χ0n) is 5.81. The number of carboxylic acids is 1. The molecule has 11 heavy (non-hydrogen) atoms. The SMILES string of the molecule is C[C@@H](O)[C@H](NC#P=O)C(=O)O. The molecule has 0 amide bonds. The Morgan fingerprint density at radius 3 is 2.55 bits per heavy atom. The molecule has 6 heteroatoms. The number of hydrogen-bond acceptors (Lipinski definition) is 4. The third-order valence-corrected chi connectivity index (χ3v) is 1.23. The summed E-state index contributed by atoms with van der Waals surface area (Å²) in [5.41, 5.74) is 0. The first-order valence-electron chi connectivity index (χ1n) is 2.83. The second-order valence-corrected chi connectivity index (χ2v) is 2.31. The zero-order valence-corrected chi connectivity index (χ0v) is 6.71. The van der Waals surface area contributed by atoms with Crippen molar-refractivity contribution in [1.82, 2.24) is 5.32 Å². The number of hydrogen-bond donors (Lipinski definition) is 3. The molecule has 0 rings (SSSR count). The summed E-state index contributed by atoms with van der Waals surface area (Å²) in [5, 5.41) is 19.4. The van der Waals surface area contributed by atoms with Crippen LogP contribution in [0.3, 0.4) is 0 Å². The summed E-state index contributed by atoms with van der Waals surface area (Å²) in [5.74, 6) is 0.825. The van der Waals surface area contributed by atoms with Gasteiger partial charge in [-0.2, -0.15) is 0 Å². The summed E-state index contributed by atoms with van der Waals surface area (Å²) >= 11 is 0. The minimum atomic E-state index is -1.21. The van der Waals surface area contributed by atoms with Crippen LogP contribution in [0.2, 0.25) is 0 Å². The second-order valence-electron chi connectivity index (χ2n) is 1.90. The first kappa shape index (κ1) is 10.4. The zero-order chi connectivity index (χ0) is 8.85. The number of nitrogens with one attached hydrogen (secondary N) is 1. The predicted molar refractivity (Wildman–Crippen MR) is 37.7 cm³/mol. The van der Waals surface area contributed by atoms with Crippen LogP contribution in [0.4, 0.5) is 0 Å². The topological polar surface area (TPSA) is 86.6 Å². The number of aliphatic hydroxyl groups is 1. The average molecular weight is 177 g/mol. The standard InChI is InChI=1S/C5H8NO4P/c1-3(7)4(5(8)9)6-2-11-10/h3-4,6-7H,1H3,(H,8,9)/t3-,4+/m1/s1. The average Bonchev–Trinajstić information content (AvgIpc) is 1.87. The van der Waals surface area contributed by atoms with Gasteiger partial charge in [-0.05, 0) is 0 Å². The Hall–Kier alpha value is -0.600. The van der Waals surface area contributed by atoms with E-state index >= 15 is 0 Å². The Bertz CT molecular complexity index is 232. The van der Waals surface area contributed by atoms with Crippen molar-refractivity contribution in [3.8, 4) is 5.75 Å². The molecular weight excluding hydrogens is 169 g/mol. The van der Waals surface area contributed by atoms with Crippen LogP contribution in [0.15, 0.2) is 0 Å². The number of aliphatic hydroxyl groups excluding tert-OH is 1. The summed E-state index contributed by atoms with van der Waals surface area (Å²) in [6, 6.07) is -1.16. The molecule has 0 aromatic rings. The van der Waals surface area contributed by atoms with Gasteiger partial charge in [-0.1, -0.05) is 0 Å². The number of rotatable bonds is 3. The molecule has 0 aliphatic rings. The van der Waals surface area contributed by atoms with Crippen LogP contribution in [0.1, 0.15) is 6.92 Å². The van der Waals surface area contributed by atoms with Crippen molar-refractivity contribution in [2.75, 3.05) is 0 Å². The second kappa shape index (κ2) is 5.10. The van der Waals surface area contributed by atoms with Gasteiger partial charge in [0.1, 0.15) is 0 Å². The van der Waals surface area contributed by atoms with E-state index in [1.807, 2.05) is 5.75 Å². The van der Waals surface area contributed by atoms with Crippen molar-refractivity contribution in [3.05, 3.63) is 0 Å². The normalized spacial score (nSPS) is 14.7. The molecule has 0 aliphatic carbocycles. The summed E-state index contributed by atoms with van der Waals surface area (Å²) in [7, 11) is -0.435. The van der Waals surface area contributed by atoms with Gasteiger partial charge in [-0.3, -0.25) is 0 Å². The quantitative estimate of drug-likeness (QED) is 0.404. The van der Waals surface area contributed by atoms with Gasteiger partial charge in [-0.25, -0.2) is 0 Å². The molecule has 0 saturated heterocycles. The molecule has 0 spiro atoms. The van der Waals surface area contributed by atoms with Crippen molar-refractivity contribution in [2.24, 2.45) is 0 Å². The van der Waals surface area contributed by atoms with Gasteiger partial charge < -0.3 is 0 Å². The van der Waals surface area contributed by atoms with E-state index in [2.05, 4.69) is 5.32 Å². The van der Waals surface area contributed by atoms with E-state index in [1.165, 1.54) is 6.92 Å². The number of aliphatic carboxylic acids is 1. The van der Waals surface area contributed by atoms with Gasteiger partial charge in [0, 0.05) is 0 Å². The van der Waals surface area contributed by atoms with E-state index < -0.39 is 26.0 Å². The third kappa shape index (κ3) is 3.96. The van der Waals surface area contributed by atoms with Crippen LogP contribution < -0.4 is 5.32 Å². The van der Waals surface area contributed by atoms with Crippen LogP contribution in [0.5, 0.6) is 0 Å². The van der Waals surface area contributed by atoms with Gasteiger partial charge >= 0.3 is 63.6 Å². The van der Waals surface area contributed by atoms with Gasteiger partial charge in [0.05, 0.1) is 0 Å². The van der Waals surface area contributed by atoms with Crippen molar-refractivity contribution >= 4 is 13.9 Å². The Labute approximate surface area is 64.5 Å². The maximum atomic E-state index is 10.3. The van der Waals surface area contributed by atoms with Gasteiger partial charge in [0.2, 0.25) is 0 Å². The Kier molecular flexibility index (Phi) is 4.83. The maximum absolute atomic E-state index is 10.3. The summed E-state index contributed by atoms with van der Waals surface area (Å²) < 4.78 is 9.80. The van der Waals surface area contributed by atoms with Crippen LogP contribution in [0, 0.1) is 5.75 Å². The summed E-state index contributed by atoms with van der Waals surface area (Å²) in [4.78, 5) is 10.3. The first-order chi connectivity index (χ1) is 5.09. The Balaban J connectivity index is 4.18. The van der Waals surface area contributed by atoms with Crippen LogP contribution in [-0.2, 0) is 9.36 Å². The fraction of sp³-hybridized carbons (Fsp3) is 0.600. The fourth-order valence-corrected chi connectivity index (χ4v) is 0.676. The van der Waals surface area contributed by atoms with Crippen molar-refractivity contribution in [2.45, 2.75) is 19.1 Å². The monoisotopic (exact) mass is 177 g/mol. The fourth-order valence-electron chi connectivity index (χ4n) is 0.485. The molecule has 0 saturated carbocycles. The van der Waals surface area contributed by atoms with Crippen LogP contribution in [-0.4, -0.2) is 28.3 Å². The van der Waals surface area contributed by atoms with E-state index in [9.17, 15) is 9.36 Å². The molecule has 0 aliphatic heterocycles. The van der Waals surface area contributed by atoms with Crippen molar-refractivity contribution in [1.29, 1.82) is 0 Å². The van der Waals surface area contributed by atoms with E-state index in [0.29, 0.717) is 0 Å². The molecular formula is C5H8NO4P. The first-order valence-corrected chi connectivity index (χ1v) is 3.64. The molecule has 0 radical (unpaired) electrons. The van der Waals surface area contributed by atoms with E-state index in [4.69, 9.17) is 10.2 Å². The molecule has 0 unspecified atom stereocenters. The van der Waals surface area contributed by atoms with Crippen LogP contribution >= 0.6 is 7.92 Å². The Morgan fingerprint density at radius 2 is 2.27 bits per heavy atom. The van der Waals surface area contributed by atoms with Crippen LogP contribution in [0.25, 0.3) is 0 Å². The van der Waals surface area contributed by atoms with E-state index in [-0.39, 0.29) is 0 Å². The van der Waals surface area contributed by atoms with E-state index in [1.54, 1.807) is 0 Å². The molecule has 0 aromatic carbocycles. The number of carboxylic acid groups (broad SMARTS) is 1. The third-order valence-electron chi connectivity index (χ3n) is 1.01. The van der Waals surface area contributed by atoms with E-state index in [0.717, 1.165) is 0 Å². The van der Waals surface area contributed by atoms with Crippen molar-refractivity contribution in [3.63, 3.8) is 0 Å².